The lowest BCUT2D eigenvalue weighted by Gasteiger charge is -2.45. The van der Waals surface area contributed by atoms with Crippen LogP contribution in [0.1, 0.15) is 56.9 Å². The van der Waals surface area contributed by atoms with Gasteiger partial charge in [-0.2, -0.15) is 0 Å². The van der Waals surface area contributed by atoms with Crippen LogP contribution in [0.15, 0.2) is 152 Å². The molecule has 6 heteroatoms. The minimum atomic E-state index is -0.392. The van der Waals surface area contributed by atoms with E-state index in [1.54, 1.807) is 24.3 Å². The van der Waals surface area contributed by atoms with Crippen LogP contribution < -0.4 is 0 Å². The van der Waals surface area contributed by atoms with Crippen molar-refractivity contribution >= 4 is 0 Å². The van der Waals surface area contributed by atoms with Gasteiger partial charge in [0.25, 0.3) is 0 Å². The Morgan fingerprint density at radius 2 is 0.784 bits per heavy atom. The Morgan fingerprint density at radius 1 is 0.451 bits per heavy atom. The number of rotatable bonds is 13. The van der Waals surface area contributed by atoms with Crippen LogP contribution in [0.25, 0.3) is 0 Å². The molecule has 5 atom stereocenters. The molecular weight excluding hydrogens is 636 g/mol. The molecule has 0 amide bonds. The molecule has 1 fully saturated rings. The zero-order valence-electron chi connectivity index (χ0n) is 30.8. The van der Waals surface area contributed by atoms with Gasteiger partial charge in [-0.3, -0.25) is 0 Å². The van der Waals surface area contributed by atoms with Gasteiger partial charge in [0.2, 0.25) is 0 Å². The van der Waals surface area contributed by atoms with Crippen LogP contribution in [0.5, 0.6) is 5.75 Å². The van der Waals surface area contributed by atoms with E-state index in [2.05, 4.69) is 48.5 Å². The fourth-order valence-electron chi connectivity index (χ4n) is 5.45. The van der Waals surface area contributed by atoms with Gasteiger partial charge in [-0.05, 0) is 41.3 Å². The summed E-state index contributed by atoms with van der Waals surface area (Å²) in [6.07, 6.45) is -1.61. The lowest BCUT2D eigenvalue weighted by molar-refractivity contribution is -0.269. The van der Waals surface area contributed by atoms with Crippen molar-refractivity contribution in [3.05, 3.63) is 174 Å². The Kier molecular flexibility index (Phi) is 20.0. The van der Waals surface area contributed by atoms with Gasteiger partial charge in [0.05, 0.1) is 39.1 Å². The van der Waals surface area contributed by atoms with E-state index >= 15 is 0 Å². The zero-order chi connectivity index (χ0) is 36.5. The van der Waals surface area contributed by atoms with Gasteiger partial charge in [0.1, 0.15) is 30.2 Å². The third-order valence-corrected chi connectivity index (χ3v) is 7.87. The highest BCUT2D eigenvalue weighted by atomic mass is 16.6. The minimum Gasteiger partial charge on any atom is -0.508 e. The standard InChI is InChI=1S/C35H38O5.C6H6O.2C2H6/c1-27-33(37-23-29-16-8-3-9-17-29)35(39-25-31-20-12-5-13-21-31)34(38-24-30-18-10-4-11-19-30)32(40-27)26-36-22-28-14-6-2-7-15-28;7-6-4-2-1-3-5-6;2*1-2/h2-21,27,32-35H,22-26H2,1H3;1-5,7H;2*1-2H3/t27-,32+,33-,34+,35+;;;/m1.../s1. The van der Waals surface area contributed by atoms with E-state index in [0.717, 1.165) is 22.3 Å². The van der Waals surface area contributed by atoms with Gasteiger partial charge in [-0.25, -0.2) is 0 Å². The van der Waals surface area contributed by atoms with Crippen molar-refractivity contribution in [2.75, 3.05) is 6.61 Å². The molecule has 0 aliphatic carbocycles. The van der Waals surface area contributed by atoms with E-state index in [1.165, 1.54) is 0 Å². The summed E-state index contributed by atoms with van der Waals surface area (Å²) in [4.78, 5) is 0. The fraction of sp³-hybridized carbons (Fsp3) is 0.333. The minimum absolute atomic E-state index is 0.216. The predicted octanol–water partition coefficient (Wildman–Crippen LogP) is 10.2. The average Bonchev–Trinajstić information content (AvgIpc) is 3.20. The van der Waals surface area contributed by atoms with Crippen LogP contribution in [0.2, 0.25) is 0 Å². The topological polar surface area (TPSA) is 66.4 Å². The molecule has 5 aromatic rings. The highest BCUT2D eigenvalue weighted by molar-refractivity contribution is 5.19. The molecule has 1 aliphatic rings. The second-order valence-corrected chi connectivity index (χ2v) is 11.5. The normalized spacial score (nSPS) is 19.2. The average molecular weight is 693 g/mol. The Morgan fingerprint density at radius 3 is 1.16 bits per heavy atom. The van der Waals surface area contributed by atoms with Crippen LogP contribution in [-0.2, 0) is 50.1 Å². The van der Waals surface area contributed by atoms with Crippen LogP contribution in [-0.4, -0.2) is 42.2 Å². The number of hydrogen-bond donors (Lipinski definition) is 1. The van der Waals surface area contributed by atoms with Gasteiger partial charge in [0, 0.05) is 0 Å². The van der Waals surface area contributed by atoms with E-state index in [4.69, 9.17) is 28.8 Å². The molecule has 0 bridgehead atoms. The van der Waals surface area contributed by atoms with E-state index in [-0.39, 0.29) is 24.4 Å². The summed E-state index contributed by atoms with van der Waals surface area (Å²) in [7, 11) is 0. The van der Waals surface area contributed by atoms with Gasteiger partial charge in [-0.1, -0.05) is 167 Å². The monoisotopic (exact) mass is 692 g/mol. The third-order valence-electron chi connectivity index (χ3n) is 7.87. The van der Waals surface area contributed by atoms with Gasteiger partial charge >= 0.3 is 0 Å². The van der Waals surface area contributed by atoms with Crippen molar-refractivity contribution in [3.8, 4) is 5.75 Å². The fourth-order valence-corrected chi connectivity index (χ4v) is 5.45. The first kappa shape index (κ1) is 41.1. The summed E-state index contributed by atoms with van der Waals surface area (Å²) in [5.41, 5.74) is 4.41. The van der Waals surface area contributed by atoms with Crippen LogP contribution in [0.3, 0.4) is 0 Å². The van der Waals surface area contributed by atoms with Crippen LogP contribution >= 0.6 is 0 Å². The quantitative estimate of drug-likeness (QED) is 0.133. The van der Waals surface area contributed by atoms with Gasteiger partial charge < -0.3 is 28.8 Å². The SMILES string of the molecule is CC.CC.C[C@H]1O[C@@H](COCc2ccccc2)[C@H](OCc2ccccc2)[C@@H](OCc2ccccc2)[C@@H]1OCc1ccccc1.Oc1ccccc1. The molecule has 1 heterocycles. The van der Waals surface area contributed by atoms with Gasteiger partial charge in [0.15, 0.2) is 0 Å². The molecule has 0 spiro atoms. The Balaban J connectivity index is 0.000000556. The molecule has 51 heavy (non-hydrogen) atoms. The predicted molar refractivity (Wildman–Crippen MR) is 206 cm³/mol. The van der Waals surface area contributed by atoms with Gasteiger partial charge in [-0.15, -0.1) is 0 Å². The first-order valence-corrected chi connectivity index (χ1v) is 18.1. The van der Waals surface area contributed by atoms with Crippen LogP contribution in [0, 0.1) is 0 Å². The van der Waals surface area contributed by atoms with E-state index < -0.39 is 6.10 Å². The van der Waals surface area contributed by atoms with E-state index in [1.807, 2.05) is 113 Å². The molecule has 0 aromatic heterocycles. The molecule has 1 aliphatic heterocycles. The summed E-state index contributed by atoms with van der Waals surface area (Å²) in [6, 6.07) is 49.5. The van der Waals surface area contributed by atoms with Crippen molar-refractivity contribution in [2.24, 2.45) is 0 Å². The van der Waals surface area contributed by atoms with Crippen molar-refractivity contribution in [2.45, 2.75) is 91.6 Å². The van der Waals surface area contributed by atoms with Crippen LogP contribution in [0.4, 0.5) is 0 Å². The summed E-state index contributed by atoms with van der Waals surface area (Å²) in [5.74, 6) is 0.322. The van der Waals surface area contributed by atoms with E-state index in [9.17, 15) is 0 Å². The maximum atomic E-state index is 8.63. The first-order valence-electron chi connectivity index (χ1n) is 18.1. The summed E-state index contributed by atoms with van der Waals surface area (Å²) in [5, 5.41) is 8.63. The van der Waals surface area contributed by atoms with Crippen molar-refractivity contribution in [1.82, 2.24) is 0 Å². The Bertz CT molecular complexity index is 1520. The summed E-state index contributed by atoms with van der Waals surface area (Å²) in [6.45, 7) is 12.3. The Hall–Kier alpha value is -4.30. The molecule has 0 saturated carbocycles. The lowest BCUT2D eigenvalue weighted by atomic mass is 9.94. The number of ether oxygens (including phenoxy) is 5. The third kappa shape index (κ3) is 14.8. The molecule has 1 saturated heterocycles. The number of hydrogen-bond acceptors (Lipinski definition) is 6. The summed E-state index contributed by atoms with van der Waals surface area (Å²) < 4.78 is 32.5. The number of phenolic OH excluding ortho intramolecular Hbond substituents is 1. The lowest BCUT2D eigenvalue weighted by Crippen LogP contribution is -2.60. The molecular formula is C45H56O6. The smallest absolute Gasteiger partial charge is 0.115 e. The van der Waals surface area contributed by atoms with Crippen molar-refractivity contribution < 1.29 is 28.8 Å². The maximum absolute atomic E-state index is 8.63. The molecule has 0 radical (unpaired) electrons. The molecule has 6 rings (SSSR count). The van der Waals surface area contributed by atoms with Crippen molar-refractivity contribution in [3.63, 3.8) is 0 Å². The number of phenols is 1. The molecule has 1 N–H and O–H groups in total. The van der Waals surface area contributed by atoms with Crippen molar-refractivity contribution in [1.29, 1.82) is 0 Å². The number of para-hydroxylation sites is 1. The second-order valence-electron chi connectivity index (χ2n) is 11.5. The molecule has 5 aromatic carbocycles. The number of aromatic hydroxyl groups is 1. The molecule has 0 unspecified atom stereocenters. The summed E-state index contributed by atoms with van der Waals surface area (Å²) >= 11 is 0. The van der Waals surface area contributed by atoms with E-state index in [0.29, 0.717) is 38.8 Å². The highest BCUT2D eigenvalue weighted by Crippen LogP contribution is 2.31. The molecule has 272 valence electrons. The largest absolute Gasteiger partial charge is 0.508 e. The Labute approximate surface area is 306 Å². The highest BCUT2D eigenvalue weighted by Gasteiger charge is 2.46. The molecule has 6 nitrogen and oxygen atoms in total. The number of benzene rings is 5. The zero-order valence-corrected chi connectivity index (χ0v) is 30.8. The second kappa shape index (κ2) is 24.8. The maximum Gasteiger partial charge on any atom is 0.115 e. The first-order chi connectivity index (χ1) is 25.2.